The summed E-state index contributed by atoms with van der Waals surface area (Å²) in [6.07, 6.45) is -5.36. The van der Waals surface area contributed by atoms with Gasteiger partial charge in [-0.25, -0.2) is 4.79 Å². The Morgan fingerprint density at radius 1 is 1.15 bits per heavy atom. The van der Waals surface area contributed by atoms with Gasteiger partial charge in [-0.3, -0.25) is 9.89 Å². The summed E-state index contributed by atoms with van der Waals surface area (Å²) in [6.45, 7) is 6.42. The number of hydrogen-bond donors (Lipinski definition) is 1. The Labute approximate surface area is 159 Å². The quantitative estimate of drug-likeness (QED) is 0.777. The molecule has 7 nitrogen and oxygen atoms in total. The van der Waals surface area contributed by atoms with E-state index in [4.69, 9.17) is 16.3 Å². The lowest BCUT2D eigenvalue weighted by molar-refractivity contribution is -0.141. The average molecular weight is 411 g/mol. The molecule has 2 amide bonds. The highest BCUT2D eigenvalue weighted by atomic mass is 35.5. The van der Waals surface area contributed by atoms with E-state index in [1.54, 1.807) is 20.8 Å². The molecule has 11 heteroatoms. The molecule has 2 rings (SSSR count). The van der Waals surface area contributed by atoms with Crippen molar-refractivity contribution in [1.82, 2.24) is 20.0 Å². The van der Waals surface area contributed by atoms with E-state index < -0.39 is 29.4 Å². The summed E-state index contributed by atoms with van der Waals surface area (Å²) in [6, 6.07) is 0. The lowest BCUT2D eigenvalue weighted by Gasteiger charge is -2.35. The first-order valence-corrected chi connectivity index (χ1v) is 8.91. The average Bonchev–Trinajstić information content (AvgIpc) is 2.96. The van der Waals surface area contributed by atoms with Crippen LogP contribution in [-0.2, 0) is 28.0 Å². The maximum Gasteiger partial charge on any atom is 0.435 e. The molecule has 1 N–H and O–H groups in total. The number of aromatic amines is 1. The molecule has 152 valence electrons. The zero-order valence-corrected chi connectivity index (χ0v) is 16.1. The molecule has 0 atom stereocenters. The second-order valence-corrected chi connectivity index (χ2v) is 7.45. The molecule has 0 bridgehead atoms. The number of halogens is 4. The Bertz CT molecular complexity index is 692. The first-order valence-electron chi connectivity index (χ1n) is 8.37. The van der Waals surface area contributed by atoms with Crippen LogP contribution in [-0.4, -0.2) is 63.8 Å². The number of H-pyrrole nitrogens is 1. The van der Waals surface area contributed by atoms with E-state index in [-0.39, 0.29) is 36.7 Å². The van der Waals surface area contributed by atoms with Crippen molar-refractivity contribution in [3.05, 3.63) is 17.0 Å². The Morgan fingerprint density at radius 2 is 1.70 bits per heavy atom. The zero-order chi connectivity index (χ0) is 20.4. The molecule has 2 heterocycles. The Balaban J connectivity index is 1.95. The standard InChI is InChI=1S/C16H22ClF3N4O3/c1-15(2,3)27-14(26)24-6-4-23(5-7-24)12(25)8-11-10(9-17)13(22-21-11)16(18,19)20/h4-9H2,1-3H3,(H,21,22). The fourth-order valence-electron chi connectivity index (χ4n) is 2.65. The summed E-state index contributed by atoms with van der Waals surface area (Å²) in [5, 5.41) is 5.52. The molecule has 0 aromatic carbocycles. The molecule has 0 aliphatic carbocycles. The van der Waals surface area contributed by atoms with Gasteiger partial charge in [-0.2, -0.15) is 18.3 Å². The minimum Gasteiger partial charge on any atom is -0.444 e. The van der Waals surface area contributed by atoms with E-state index in [0.29, 0.717) is 13.1 Å². The number of nitrogens with zero attached hydrogens (tertiary/aromatic N) is 3. The molecule has 1 aliphatic heterocycles. The number of amides is 2. The van der Waals surface area contributed by atoms with Crippen molar-refractivity contribution in [1.29, 1.82) is 0 Å². The highest BCUT2D eigenvalue weighted by Gasteiger charge is 2.38. The van der Waals surface area contributed by atoms with Crippen LogP contribution in [0.4, 0.5) is 18.0 Å². The van der Waals surface area contributed by atoms with E-state index in [9.17, 15) is 22.8 Å². The van der Waals surface area contributed by atoms with Crippen molar-refractivity contribution >= 4 is 23.6 Å². The smallest absolute Gasteiger partial charge is 0.435 e. The zero-order valence-electron chi connectivity index (χ0n) is 15.3. The van der Waals surface area contributed by atoms with Crippen molar-refractivity contribution in [2.24, 2.45) is 0 Å². The SMILES string of the molecule is CC(C)(C)OC(=O)N1CCN(C(=O)Cc2[nH]nc(C(F)(F)F)c2CCl)CC1. The van der Waals surface area contributed by atoms with E-state index in [1.165, 1.54) is 9.80 Å². The minimum atomic E-state index is -4.64. The largest absolute Gasteiger partial charge is 0.444 e. The lowest BCUT2D eigenvalue weighted by atomic mass is 10.1. The maximum absolute atomic E-state index is 12.9. The predicted octanol–water partition coefficient (Wildman–Crippen LogP) is 2.79. The number of aromatic nitrogens is 2. The van der Waals surface area contributed by atoms with Gasteiger partial charge in [0.05, 0.1) is 12.3 Å². The van der Waals surface area contributed by atoms with Crippen molar-refractivity contribution in [2.45, 2.75) is 44.8 Å². The number of hydrogen-bond acceptors (Lipinski definition) is 4. The number of piperazine rings is 1. The molecule has 1 aromatic rings. The third-order valence-electron chi connectivity index (χ3n) is 3.97. The van der Waals surface area contributed by atoms with Gasteiger partial charge in [0.15, 0.2) is 5.69 Å². The van der Waals surface area contributed by atoms with Gasteiger partial charge in [-0.1, -0.05) is 0 Å². The third-order valence-corrected chi connectivity index (χ3v) is 4.23. The summed E-state index contributed by atoms with van der Waals surface area (Å²) in [7, 11) is 0. The van der Waals surface area contributed by atoms with Gasteiger partial charge in [0.1, 0.15) is 5.60 Å². The highest BCUT2D eigenvalue weighted by Crippen LogP contribution is 2.32. The van der Waals surface area contributed by atoms with Crippen LogP contribution in [0.1, 0.15) is 37.7 Å². The first kappa shape index (κ1) is 21.3. The van der Waals surface area contributed by atoms with Crippen LogP contribution < -0.4 is 0 Å². The number of carbonyl (C=O) groups excluding carboxylic acids is 2. The van der Waals surface area contributed by atoms with Crippen molar-refractivity contribution in [3.8, 4) is 0 Å². The fourth-order valence-corrected chi connectivity index (χ4v) is 2.94. The summed E-state index contributed by atoms with van der Waals surface area (Å²) in [5.74, 6) is -0.761. The summed E-state index contributed by atoms with van der Waals surface area (Å²) < 4.78 is 44.0. The lowest BCUT2D eigenvalue weighted by Crippen LogP contribution is -2.52. The van der Waals surface area contributed by atoms with Crippen molar-refractivity contribution in [2.75, 3.05) is 26.2 Å². The number of alkyl halides is 4. The van der Waals surface area contributed by atoms with Crippen LogP contribution in [0.5, 0.6) is 0 Å². The van der Waals surface area contributed by atoms with Crippen LogP contribution in [0.2, 0.25) is 0 Å². The summed E-state index contributed by atoms with van der Waals surface area (Å²) >= 11 is 5.62. The number of carbonyl (C=O) groups is 2. The van der Waals surface area contributed by atoms with Crippen molar-refractivity contribution in [3.63, 3.8) is 0 Å². The first-order chi connectivity index (χ1) is 12.4. The van der Waals surface area contributed by atoms with Gasteiger partial charge in [-0.05, 0) is 20.8 Å². The van der Waals surface area contributed by atoms with Gasteiger partial charge >= 0.3 is 12.3 Å². The van der Waals surface area contributed by atoms with E-state index in [1.807, 2.05) is 0 Å². The predicted molar refractivity (Wildman–Crippen MR) is 91.2 cm³/mol. The number of rotatable bonds is 3. The molecule has 0 radical (unpaired) electrons. The Morgan fingerprint density at radius 3 is 2.19 bits per heavy atom. The molecular weight excluding hydrogens is 389 g/mol. The van der Waals surface area contributed by atoms with E-state index in [0.717, 1.165) is 0 Å². The molecule has 0 saturated carbocycles. The van der Waals surface area contributed by atoms with Crippen molar-refractivity contribution < 1.29 is 27.5 Å². The van der Waals surface area contributed by atoms with Gasteiger partial charge in [0.25, 0.3) is 0 Å². The molecule has 1 aromatic heterocycles. The molecule has 1 aliphatic rings. The minimum absolute atomic E-state index is 0.0527. The van der Waals surface area contributed by atoms with E-state index >= 15 is 0 Å². The normalized spacial score (nSPS) is 15.8. The summed E-state index contributed by atoms with van der Waals surface area (Å²) in [4.78, 5) is 27.4. The van der Waals surface area contributed by atoms with Gasteiger partial charge in [0, 0.05) is 37.4 Å². The van der Waals surface area contributed by atoms with Crippen LogP contribution in [0, 0.1) is 0 Å². The fraction of sp³-hybridized carbons (Fsp3) is 0.688. The molecule has 0 unspecified atom stereocenters. The number of ether oxygens (including phenoxy) is 1. The highest BCUT2D eigenvalue weighted by molar-refractivity contribution is 6.17. The van der Waals surface area contributed by atoms with Crippen LogP contribution in [0.15, 0.2) is 0 Å². The van der Waals surface area contributed by atoms with Crippen LogP contribution >= 0.6 is 11.6 Å². The second kappa shape index (κ2) is 7.95. The summed E-state index contributed by atoms with van der Waals surface area (Å²) in [5.41, 5.74) is -1.88. The third kappa shape index (κ3) is 5.50. The van der Waals surface area contributed by atoms with Gasteiger partial charge in [-0.15, -0.1) is 11.6 Å². The van der Waals surface area contributed by atoms with Gasteiger partial charge < -0.3 is 14.5 Å². The Hall–Kier alpha value is -1.97. The van der Waals surface area contributed by atoms with Gasteiger partial charge in [0.2, 0.25) is 5.91 Å². The maximum atomic E-state index is 12.9. The van der Waals surface area contributed by atoms with Crippen LogP contribution in [0.25, 0.3) is 0 Å². The monoisotopic (exact) mass is 410 g/mol. The number of nitrogens with one attached hydrogen (secondary N) is 1. The topological polar surface area (TPSA) is 78.5 Å². The molecule has 0 spiro atoms. The molecule has 1 saturated heterocycles. The molecular formula is C16H22ClF3N4O3. The molecule has 27 heavy (non-hydrogen) atoms. The van der Waals surface area contributed by atoms with E-state index in [2.05, 4.69) is 10.2 Å². The Kier molecular flexibility index (Phi) is 6.28. The second-order valence-electron chi connectivity index (χ2n) is 7.19. The van der Waals surface area contributed by atoms with Crippen LogP contribution in [0.3, 0.4) is 0 Å². The molecule has 1 fully saturated rings.